The topological polar surface area (TPSA) is 81.4 Å². The van der Waals surface area contributed by atoms with Gasteiger partial charge in [-0.1, -0.05) is 23.2 Å². The van der Waals surface area contributed by atoms with Crippen LogP contribution in [0.3, 0.4) is 0 Å². The number of hydrogen-bond acceptors (Lipinski definition) is 3. The smallest absolute Gasteiger partial charge is 0.276 e. The molecule has 0 saturated carbocycles. The van der Waals surface area contributed by atoms with Crippen LogP contribution in [0.25, 0.3) is 0 Å². The molecule has 0 fully saturated rings. The predicted molar refractivity (Wildman–Crippen MR) is 59.1 cm³/mol. The largest absolute Gasteiger partial charge is 0.368 e. The summed E-state index contributed by atoms with van der Waals surface area (Å²) in [6, 6.07) is 4.41. The molecule has 0 aromatic heterocycles. The molecule has 0 aliphatic rings. The van der Waals surface area contributed by atoms with Crippen molar-refractivity contribution in [3.63, 3.8) is 0 Å². The van der Waals surface area contributed by atoms with Gasteiger partial charge in [0.15, 0.2) is 6.61 Å². The van der Waals surface area contributed by atoms with E-state index in [1.54, 1.807) is 6.07 Å². The van der Waals surface area contributed by atoms with Crippen LogP contribution in [-0.2, 0) is 9.63 Å². The molecule has 86 valence electrons. The minimum absolute atomic E-state index is 0.152. The van der Waals surface area contributed by atoms with Crippen LogP contribution in [0.15, 0.2) is 18.2 Å². The molecule has 0 bridgehead atoms. The SMILES string of the molecule is NC(=O)CONC(=O)c1cc(Cl)ccc1Cl. The fraction of sp³-hybridized carbons (Fsp3) is 0.111. The number of carbonyl (C=O) groups excluding carboxylic acids is 2. The van der Waals surface area contributed by atoms with Gasteiger partial charge in [0.2, 0.25) is 5.91 Å². The monoisotopic (exact) mass is 262 g/mol. The number of nitrogens with one attached hydrogen (secondary N) is 1. The summed E-state index contributed by atoms with van der Waals surface area (Å²) in [5.41, 5.74) is 6.98. The van der Waals surface area contributed by atoms with Crippen LogP contribution in [0.4, 0.5) is 0 Å². The molecule has 2 amide bonds. The van der Waals surface area contributed by atoms with Crippen molar-refractivity contribution in [3.8, 4) is 0 Å². The minimum Gasteiger partial charge on any atom is -0.368 e. The third-order valence-electron chi connectivity index (χ3n) is 1.55. The number of hydroxylamine groups is 1. The van der Waals surface area contributed by atoms with Crippen molar-refractivity contribution >= 4 is 35.0 Å². The Balaban J connectivity index is 2.65. The van der Waals surface area contributed by atoms with Crippen LogP contribution < -0.4 is 11.2 Å². The number of rotatable bonds is 4. The molecule has 0 unspecified atom stereocenters. The maximum atomic E-state index is 11.5. The fourth-order valence-electron chi connectivity index (χ4n) is 0.899. The zero-order chi connectivity index (χ0) is 12.1. The van der Waals surface area contributed by atoms with Crippen LogP contribution in [0.5, 0.6) is 0 Å². The van der Waals surface area contributed by atoms with E-state index in [0.29, 0.717) is 5.02 Å². The lowest BCUT2D eigenvalue weighted by atomic mass is 10.2. The Kier molecular flexibility index (Phi) is 4.54. The molecule has 1 aromatic rings. The zero-order valence-corrected chi connectivity index (χ0v) is 9.51. The van der Waals surface area contributed by atoms with Crippen molar-refractivity contribution in [1.29, 1.82) is 0 Å². The van der Waals surface area contributed by atoms with Gasteiger partial charge < -0.3 is 5.73 Å². The molecule has 0 aliphatic carbocycles. The lowest BCUT2D eigenvalue weighted by molar-refractivity contribution is -0.124. The Hall–Kier alpha value is -1.30. The normalized spacial score (nSPS) is 9.88. The molecule has 0 spiro atoms. The van der Waals surface area contributed by atoms with Gasteiger partial charge in [0.05, 0.1) is 10.6 Å². The third-order valence-corrected chi connectivity index (χ3v) is 2.12. The molecule has 0 heterocycles. The average Bonchev–Trinajstić information content (AvgIpc) is 2.21. The first kappa shape index (κ1) is 12.8. The van der Waals surface area contributed by atoms with Crippen LogP contribution in [0.1, 0.15) is 10.4 Å². The molecule has 0 saturated heterocycles. The van der Waals surface area contributed by atoms with Crippen molar-refractivity contribution in [2.24, 2.45) is 5.73 Å². The summed E-state index contributed by atoms with van der Waals surface area (Å²) in [5.74, 6) is -1.30. The maximum Gasteiger partial charge on any atom is 0.276 e. The number of nitrogens with two attached hydrogens (primary N) is 1. The minimum atomic E-state index is -0.697. The van der Waals surface area contributed by atoms with Gasteiger partial charge in [-0.3, -0.25) is 14.4 Å². The first-order valence-corrected chi connectivity index (χ1v) is 4.92. The van der Waals surface area contributed by atoms with Crippen molar-refractivity contribution < 1.29 is 14.4 Å². The Morgan fingerprint density at radius 2 is 2.06 bits per heavy atom. The van der Waals surface area contributed by atoms with E-state index in [1.165, 1.54) is 12.1 Å². The van der Waals surface area contributed by atoms with Gasteiger partial charge >= 0.3 is 0 Å². The van der Waals surface area contributed by atoms with Crippen LogP contribution in [0, 0.1) is 0 Å². The van der Waals surface area contributed by atoms with E-state index in [2.05, 4.69) is 4.84 Å². The van der Waals surface area contributed by atoms with E-state index in [4.69, 9.17) is 28.9 Å². The molecule has 3 N–H and O–H groups in total. The standard InChI is InChI=1S/C9H8Cl2N2O3/c10-5-1-2-7(11)6(3-5)9(15)13-16-4-8(12)14/h1-3H,4H2,(H2,12,14)(H,13,15). The van der Waals surface area contributed by atoms with Crippen LogP contribution in [0.2, 0.25) is 10.0 Å². The summed E-state index contributed by atoms with van der Waals surface area (Å²) in [4.78, 5) is 26.3. The number of primary amides is 1. The lowest BCUT2D eigenvalue weighted by Gasteiger charge is -2.05. The Morgan fingerprint density at radius 3 is 2.69 bits per heavy atom. The molecule has 7 heteroatoms. The molecule has 1 aromatic carbocycles. The van der Waals surface area contributed by atoms with E-state index < -0.39 is 18.4 Å². The second-order valence-electron chi connectivity index (χ2n) is 2.81. The number of hydrogen-bond donors (Lipinski definition) is 2. The molecular weight excluding hydrogens is 255 g/mol. The van der Waals surface area contributed by atoms with Crippen molar-refractivity contribution in [3.05, 3.63) is 33.8 Å². The Labute approximate surface area is 101 Å². The quantitative estimate of drug-likeness (QED) is 0.799. The highest BCUT2D eigenvalue weighted by Gasteiger charge is 2.11. The molecule has 0 radical (unpaired) electrons. The molecule has 0 atom stereocenters. The van der Waals surface area contributed by atoms with E-state index in [1.807, 2.05) is 5.48 Å². The molecular formula is C9H8Cl2N2O3. The van der Waals surface area contributed by atoms with Crippen LogP contribution in [-0.4, -0.2) is 18.4 Å². The summed E-state index contributed by atoms with van der Waals surface area (Å²) >= 11 is 11.5. The summed E-state index contributed by atoms with van der Waals surface area (Å²) in [6.07, 6.45) is 0. The highest BCUT2D eigenvalue weighted by atomic mass is 35.5. The van der Waals surface area contributed by atoms with E-state index >= 15 is 0 Å². The van der Waals surface area contributed by atoms with Gasteiger partial charge in [0.25, 0.3) is 5.91 Å². The molecule has 1 rings (SSSR count). The first-order valence-electron chi connectivity index (χ1n) is 4.16. The van der Waals surface area contributed by atoms with Gasteiger partial charge in [-0.25, -0.2) is 5.48 Å². The molecule has 5 nitrogen and oxygen atoms in total. The highest BCUT2D eigenvalue weighted by molar-refractivity contribution is 6.35. The van der Waals surface area contributed by atoms with Gasteiger partial charge in [0, 0.05) is 5.02 Å². The second-order valence-corrected chi connectivity index (χ2v) is 3.65. The summed E-state index contributed by atoms with van der Waals surface area (Å²) in [5, 5.41) is 0.592. The van der Waals surface area contributed by atoms with E-state index in [0.717, 1.165) is 0 Å². The maximum absolute atomic E-state index is 11.5. The highest BCUT2D eigenvalue weighted by Crippen LogP contribution is 2.20. The van der Waals surface area contributed by atoms with Gasteiger partial charge in [-0.05, 0) is 18.2 Å². The Bertz CT molecular complexity index is 423. The van der Waals surface area contributed by atoms with E-state index in [9.17, 15) is 9.59 Å². The third kappa shape index (κ3) is 3.69. The number of carbonyl (C=O) groups is 2. The first-order chi connectivity index (χ1) is 7.50. The van der Waals surface area contributed by atoms with Gasteiger partial charge in [0.1, 0.15) is 0 Å². The number of benzene rings is 1. The Morgan fingerprint density at radius 1 is 1.38 bits per heavy atom. The van der Waals surface area contributed by atoms with Crippen molar-refractivity contribution in [1.82, 2.24) is 5.48 Å². The van der Waals surface area contributed by atoms with Crippen molar-refractivity contribution in [2.75, 3.05) is 6.61 Å². The number of amides is 2. The predicted octanol–water partition coefficient (Wildman–Crippen LogP) is 1.14. The summed E-state index contributed by atoms with van der Waals surface area (Å²) < 4.78 is 0. The van der Waals surface area contributed by atoms with Gasteiger partial charge in [-0.15, -0.1) is 0 Å². The summed E-state index contributed by atoms with van der Waals surface area (Å²) in [7, 11) is 0. The molecule has 0 aliphatic heterocycles. The number of halogens is 2. The second kappa shape index (κ2) is 5.69. The average molecular weight is 263 g/mol. The van der Waals surface area contributed by atoms with Crippen LogP contribution >= 0.6 is 23.2 Å². The molecule has 16 heavy (non-hydrogen) atoms. The van der Waals surface area contributed by atoms with E-state index in [-0.39, 0.29) is 10.6 Å². The van der Waals surface area contributed by atoms with Gasteiger partial charge in [-0.2, -0.15) is 0 Å². The van der Waals surface area contributed by atoms with Crippen molar-refractivity contribution in [2.45, 2.75) is 0 Å². The lowest BCUT2D eigenvalue weighted by Crippen LogP contribution is -2.29. The summed E-state index contributed by atoms with van der Waals surface area (Å²) in [6.45, 7) is -0.413. The fourth-order valence-corrected chi connectivity index (χ4v) is 1.27. The zero-order valence-electron chi connectivity index (χ0n) is 8.00.